The number of hydrogen-bond donors (Lipinski definition) is 1. The maximum Gasteiger partial charge on any atom is 0.500 e. The van der Waals surface area contributed by atoms with Crippen LogP contribution in [0.5, 0.6) is 0 Å². The summed E-state index contributed by atoms with van der Waals surface area (Å²) < 4.78 is 46.9. The molecule has 142 valence electrons. The molecular formula is C18H24BF2NO4. The second-order valence-electron chi connectivity index (χ2n) is 7.78. The topological polar surface area (TPSA) is 56.8 Å². The zero-order valence-corrected chi connectivity index (χ0v) is 15.7. The van der Waals surface area contributed by atoms with Crippen molar-refractivity contribution in [1.29, 1.82) is 0 Å². The zero-order valence-electron chi connectivity index (χ0n) is 15.7. The molecule has 5 nitrogen and oxygen atoms in total. The largest absolute Gasteiger partial charge is 0.500 e. The fourth-order valence-electron chi connectivity index (χ4n) is 3.34. The Hall–Kier alpha value is -1.67. The summed E-state index contributed by atoms with van der Waals surface area (Å²) in [7, 11) is 0.319. The molecule has 0 bridgehead atoms. The van der Waals surface area contributed by atoms with Crippen molar-refractivity contribution in [2.24, 2.45) is 0 Å². The fourth-order valence-corrected chi connectivity index (χ4v) is 3.34. The van der Waals surface area contributed by atoms with Crippen LogP contribution in [0, 0.1) is 11.6 Å². The van der Waals surface area contributed by atoms with Gasteiger partial charge in [0.15, 0.2) is 0 Å². The SMILES string of the molecule is CNC(=O)OC1CCCc2c1cc(F)c(B1OC(C)(C)C(C)(C)O1)c2F. The molecule has 1 atom stereocenters. The third kappa shape index (κ3) is 3.09. The molecule has 1 aromatic carbocycles. The first-order valence-corrected chi connectivity index (χ1v) is 8.82. The first-order chi connectivity index (χ1) is 12.1. The standard InChI is InChI=1S/C18H24BF2NO4/c1-17(2)18(3,4)26-19(25-17)14-12(20)9-11-10(15(14)21)7-6-8-13(11)24-16(23)22-5/h9,13H,6-8H2,1-5H3,(H,22,23). The summed E-state index contributed by atoms with van der Waals surface area (Å²) >= 11 is 0. The normalized spacial score (nSPS) is 23.5. The van der Waals surface area contributed by atoms with Gasteiger partial charge in [0, 0.05) is 12.6 Å². The number of rotatable bonds is 2. The van der Waals surface area contributed by atoms with Crippen LogP contribution in [0.25, 0.3) is 0 Å². The summed E-state index contributed by atoms with van der Waals surface area (Å²) in [6.45, 7) is 7.31. The number of carbonyl (C=O) groups is 1. The number of carbonyl (C=O) groups excluding carboxylic acids is 1. The molecule has 1 amide bonds. The average molecular weight is 367 g/mol. The van der Waals surface area contributed by atoms with Gasteiger partial charge in [0.05, 0.1) is 16.7 Å². The van der Waals surface area contributed by atoms with E-state index in [2.05, 4.69) is 5.32 Å². The van der Waals surface area contributed by atoms with Crippen LogP contribution in [0.2, 0.25) is 0 Å². The smallest absolute Gasteiger partial charge is 0.441 e. The Morgan fingerprint density at radius 1 is 1.27 bits per heavy atom. The molecule has 26 heavy (non-hydrogen) atoms. The summed E-state index contributed by atoms with van der Waals surface area (Å²) in [4.78, 5) is 11.5. The number of halogens is 2. The van der Waals surface area contributed by atoms with Crippen LogP contribution in [0.1, 0.15) is 57.8 Å². The summed E-state index contributed by atoms with van der Waals surface area (Å²) in [6.07, 6.45) is 0.310. The third-order valence-corrected chi connectivity index (χ3v) is 5.57. The third-order valence-electron chi connectivity index (χ3n) is 5.57. The fraction of sp³-hybridized carbons (Fsp3) is 0.611. The van der Waals surface area contributed by atoms with Crippen molar-refractivity contribution < 1.29 is 27.6 Å². The zero-order chi connectivity index (χ0) is 19.3. The van der Waals surface area contributed by atoms with E-state index in [4.69, 9.17) is 14.0 Å². The quantitative estimate of drug-likeness (QED) is 0.817. The number of hydrogen-bond acceptors (Lipinski definition) is 4. The highest BCUT2D eigenvalue weighted by Crippen LogP contribution is 2.39. The van der Waals surface area contributed by atoms with Crippen LogP contribution in [0.4, 0.5) is 13.6 Å². The lowest BCUT2D eigenvalue weighted by Crippen LogP contribution is -2.41. The number of benzene rings is 1. The molecule has 2 aliphatic rings. The van der Waals surface area contributed by atoms with Crippen LogP contribution < -0.4 is 10.8 Å². The minimum atomic E-state index is -1.12. The Bertz CT molecular complexity index is 722. The molecule has 0 spiro atoms. The summed E-state index contributed by atoms with van der Waals surface area (Å²) in [5.41, 5.74) is -0.886. The van der Waals surface area contributed by atoms with Gasteiger partial charge in [0.25, 0.3) is 0 Å². The van der Waals surface area contributed by atoms with Gasteiger partial charge in [-0.25, -0.2) is 13.6 Å². The molecule has 1 unspecified atom stereocenters. The van der Waals surface area contributed by atoms with Crippen LogP contribution in [-0.2, 0) is 20.5 Å². The average Bonchev–Trinajstić information content (AvgIpc) is 2.75. The number of nitrogens with one attached hydrogen (secondary N) is 1. The summed E-state index contributed by atoms with van der Waals surface area (Å²) in [5, 5.41) is 2.36. The van der Waals surface area contributed by atoms with Gasteiger partial charge in [-0.2, -0.15) is 0 Å². The molecule has 0 radical (unpaired) electrons. The first kappa shape index (κ1) is 19.1. The van der Waals surface area contributed by atoms with Gasteiger partial charge < -0.3 is 19.4 Å². The van der Waals surface area contributed by atoms with Crippen molar-refractivity contribution >= 4 is 18.7 Å². The number of ether oxygens (including phenoxy) is 1. The predicted octanol–water partition coefficient (Wildman–Crippen LogP) is 3.00. The molecule has 1 fully saturated rings. The Morgan fingerprint density at radius 3 is 2.46 bits per heavy atom. The van der Waals surface area contributed by atoms with Crippen molar-refractivity contribution in [3.05, 3.63) is 28.8 Å². The second-order valence-corrected chi connectivity index (χ2v) is 7.78. The summed E-state index contributed by atoms with van der Waals surface area (Å²) in [5.74, 6) is -1.43. The van der Waals surface area contributed by atoms with E-state index in [9.17, 15) is 9.18 Å². The highest BCUT2D eigenvalue weighted by molar-refractivity contribution is 6.62. The second kappa shape index (κ2) is 6.49. The predicted molar refractivity (Wildman–Crippen MR) is 93.3 cm³/mol. The number of amides is 1. The van der Waals surface area contributed by atoms with Gasteiger partial charge in [-0.15, -0.1) is 0 Å². The van der Waals surface area contributed by atoms with Crippen molar-refractivity contribution in [2.45, 2.75) is 64.3 Å². The van der Waals surface area contributed by atoms with E-state index in [0.717, 1.165) is 0 Å². The van der Waals surface area contributed by atoms with E-state index in [-0.39, 0.29) is 5.46 Å². The van der Waals surface area contributed by atoms with Gasteiger partial charge in [-0.1, -0.05) is 0 Å². The molecule has 3 rings (SSSR count). The Morgan fingerprint density at radius 2 is 1.88 bits per heavy atom. The minimum Gasteiger partial charge on any atom is -0.441 e. The minimum absolute atomic E-state index is 0.219. The van der Waals surface area contributed by atoms with Crippen molar-refractivity contribution in [3.8, 4) is 0 Å². The van der Waals surface area contributed by atoms with Gasteiger partial charge in [-0.05, 0) is 58.6 Å². The highest BCUT2D eigenvalue weighted by Gasteiger charge is 2.53. The molecule has 0 aromatic heterocycles. The van der Waals surface area contributed by atoms with E-state index < -0.39 is 42.2 Å². The molecule has 8 heteroatoms. The Labute approximate surface area is 152 Å². The molecule has 1 saturated heterocycles. The number of alkyl carbamates (subject to hydrolysis) is 1. The first-order valence-electron chi connectivity index (χ1n) is 8.82. The van der Waals surface area contributed by atoms with Crippen molar-refractivity contribution in [1.82, 2.24) is 5.32 Å². The molecule has 1 aliphatic heterocycles. The van der Waals surface area contributed by atoms with E-state index in [0.29, 0.717) is 30.4 Å². The Kier molecular flexibility index (Phi) is 4.77. The van der Waals surface area contributed by atoms with Crippen LogP contribution in [0.3, 0.4) is 0 Å². The summed E-state index contributed by atoms with van der Waals surface area (Å²) in [6, 6.07) is 1.24. The van der Waals surface area contributed by atoms with Crippen LogP contribution >= 0.6 is 0 Å². The molecular weight excluding hydrogens is 343 g/mol. The van der Waals surface area contributed by atoms with Gasteiger partial charge in [0.2, 0.25) is 0 Å². The molecule has 1 heterocycles. The van der Waals surface area contributed by atoms with Crippen LogP contribution in [-0.4, -0.2) is 31.5 Å². The van der Waals surface area contributed by atoms with Crippen molar-refractivity contribution in [2.75, 3.05) is 7.05 Å². The maximum absolute atomic E-state index is 15.2. The monoisotopic (exact) mass is 367 g/mol. The van der Waals surface area contributed by atoms with E-state index in [1.165, 1.54) is 13.1 Å². The van der Waals surface area contributed by atoms with Crippen molar-refractivity contribution in [3.63, 3.8) is 0 Å². The lowest BCUT2D eigenvalue weighted by Gasteiger charge is -2.32. The van der Waals surface area contributed by atoms with E-state index >= 15 is 4.39 Å². The maximum atomic E-state index is 15.2. The van der Waals surface area contributed by atoms with Crippen LogP contribution in [0.15, 0.2) is 6.07 Å². The van der Waals surface area contributed by atoms with Gasteiger partial charge >= 0.3 is 13.2 Å². The molecule has 0 saturated carbocycles. The number of fused-ring (bicyclic) bond motifs is 1. The lowest BCUT2D eigenvalue weighted by molar-refractivity contribution is 0.00578. The van der Waals surface area contributed by atoms with Gasteiger partial charge in [0.1, 0.15) is 17.7 Å². The lowest BCUT2D eigenvalue weighted by atomic mass is 9.74. The van der Waals surface area contributed by atoms with E-state index in [1.54, 1.807) is 0 Å². The Balaban J connectivity index is 2.00. The van der Waals surface area contributed by atoms with E-state index in [1.807, 2.05) is 27.7 Å². The van der Waals surface area contributed by atoms with Gasteiger partial charge in [-0.3, -0.25) is 0 Å². The molecule has 1 aliphatic carbocycles. The molecule has 1 N–H and O–H groups in total. The molecule has 1 aromatic rings. The highest BCUT2D eigenvalue weighted by atomic mass is 19.1.